The summed E-state index contributed by atoms with van der Waals surface area (Å²) in [4.78, 5) is 43.5. The molecule has 4 aliphatic rings. The Morgan fingerprint density at radius 3 is 1.75 bits per heavy atom. The van der Waals surface area contributed by atoms with E-state index in [-0.39, 0.29) is 23.0 Å². The minimum absolute atomic E-state index is 0. The predicted octanol–water partition coefficient (Wildman–Crippen LogP) is 4.19. The molecule has 10 rings (SSSR count). The summed E-state index contributed by atoms with van der Waals surface area (Å²) < 4.78 is 32.9. The van der Waals surface area contributed by atoms with Gasteiger partial charge in [-0.15, -0.1) is 12.4 Å². The highest BCUT2D eigenvalue weighted by Crippen LogP contribution is 2.35. The zero-order valence-electron chi connectivity index (χ0n) is 30.8. The Kier molecular flexibility index (Phi) is 12.9. The summed E-state index contributed by atoms with van der Waals surface area (Å²) in [6, 6.07) is 3.77. The number of furan rings is 2. The highest BCUT2D eigenvalue weighted by Gasteiger charge is 2.27. The summed E-state index contributed by atoms with van der Waals surface area (Å²) in [5.74, 6) is 1.34. The maximum absolute atomic E-state index is 10.9. The molecule has 4 fully saturated rings. The molecule has 6 aromatic rings. The van der Waals surface area contributed by atoms with Crippen LogP contribution in [-0.2, 0) is 25.5 Å². The van der Waals surface area contributed by atoms with Crippen LogP contribution in [0.25, 0.3) is 44.4 Å². The van der Waals surface area contributed by atoms with Gasteiger partial charge in [-0.1, -0.05) is 0 Å². The lowest BCUT2D eigenvalue weighted by Crippen LogP contribution is -2.50. The van der Waals surface area contributed by atoms with Gasteiger partial charge < -0.3 is 42.9 Å². The Morgan fingerprint density at radius 2 is 1.29 bits per heavy atom. The quantitative estimate of drug-likeness (QED) is 0.179. The molecule has 298 valence electrons. The number of methoxy groups -OCH3 is 2. The number of ether oxygens (including phenoxy) is 4. The number of hydrogen-bond acceptors (Lipinski definition) is 17. The number of aromatic nitrogens is 6. The van der Waals surface area contributed by atoms with Gasteiger partial charge in [0.05, 0.1) is 49.4 Å². The van der Waals surface area contributed by atoms with Gasteiger partial charge in [0.1, 0.15) is 11.0 Å². The second kappa shape index (κ2) is 18.0. The van der Waals surface area contributed by atoms with Crippen LogP contribution in [-0.4, -0.2) is 146 Å². The fraction of sp³-hybridized carbons (Fsp3) is 0.472. The average molecular weight is 832 g/mol. The molecule has 20 heteroatoms. The van der Waals surface area contributed by atoms with Crippen molar-refractivity contribution >= 4 is 97.9 Å². The molecule has 0 aliphatic carbocycles. The first-order valence-corrected chi connectivity index (χ1v) is 18.8. The lowest BCUT2D eigenvalue weighted by Gasteiger charge is -2.38. The summed E-state index contributed by atoms with van der Waals surface area (Å²) in [7, 11) is 3.49. The molecule has 56 heavy (non-hydrogen) atoms. The van der Waals surface area contributed by atoms with E-state index >= 15 is 0 Å². The third-order valence-electron chi connectivity index (χ3n) is 9.83. The minimum atomic E-state index is 0. The second-order valence-corrected chi connectivity index (χ2v) is 14.1. The summed E-state index contributed by atoms with van der Waals surface area (Å²) >= 11 is 12.3. The van der Waals surface area contributed by atoms with Crippen LogP contribution in [0.4, 0.5) is 11.6 Å². The number of likely N-dealkylation sites (tertiary alicyclic amines) is 1. The number of morpholine rings is 2. The summed E-state index contributed by atoms with van der Waals surface area (Å²) in [5, 5.41) is 4.95. The van der Waals surface area contributed by atoms with Crippen molar-refractivity contribution in [1.82, 2.24) is 40.1 Å². The minimum Gasteiger partial charge on any atom is -0.432 e. The number of nitrogens with zero attached hydrogens (tertiary/aromatic N) is 9. The molecule has 17 nitrogen and oxygen atoms in total. The molecule has 0 spiro atoms. The van der Waals surface area contributed by atoms with Crippen LogP contribution >= 0.6 is 35.6 Å². The van der Waals surface area contributed by atoms with E-state index in [2.05, 4.69) is 51.1 Å². The Labute approximate surface area is 337 Å². The van der Waals surface area contributed by atoms with E-state index in [4.69, 9.17) is 51.0 Å². The monoisotopic (exact) mass is 830 g/mol. The van der Waals surface area contributed by atoms with Crippen molar-refractivity contribution in [1.29, 1.82) is 0 Å². The molecular weight excluding hydrogens is 791 g/mol. The molecule has 0 bridgehead atoms. The number of rotatable bonds is 7. The molecule has 4 aliphatic heterocycles. The fourth-order valence-corrected chi connectivity index (χ4v) is 6.98. The maximum Gasteiger partial charge on any atom is 0.229 e. The molecule has 0 atom stereocenters. The van der Waals surface area contributed by atoms with Crippen LogP contribution < -0.4 is 15.1 Å². The Hall–Kier alpha value is -4.04. The molecule has 0 amide bonds. The van der Waals surface area contributed by atoms with Gasteiger partial charge in [0, 0.05) is 91.1 Å². The van der Waals surface area contributed by atoms with E-state index < -0.39 is 0 Å². The van der Waals surface area contributed by atoms with Crippen LogP contribution in [0.3, 0.4) is 0 Å². The van der Waals surface area contributed by atoms with Crippen molar-refractivity contribution in [3.63, 3.8) is 0 Å². The van der Waals surface area contributed by atoms with Crippen LogP contribution in [0.2, 0.25) is 10.6 Å². The molecule has 10 heterocycles. The zero-order valence-corrected chi connectivity index (χ0v) is 33.1. The van der Waals surface area contributed by atoms with Crippen molar-refractivity contribution in [2.24, 2.45) is 0 Å². The topological polar surface area (TPSA) is 179 Å². The smallest absolute Gasteiger partial charge is 0.229 e. The Balaban J connectivity index is 0.000000149. The number of carbonyl (C=O) groups excluding carboxylic acids is 1. The van der Waals surface area contributed by atoms with Crippen molar-refractivity contribution in [3.05, 3.63) is 46.2 Å². The van der Waals surface area contributed by atoms with Gasteiger partial charge in [-0.05, 0) is 40.9 Å². The van der Waals surface area contributed by atoms with Crippen LogP contribution in [0.15, 0.2) is 33.4 Å². The lowest BCUT2D eigenvalue weighted by molar-refractivity contribution is -0.0334. The fourth-order valence-electron chi connectivity index (χ4n) is 6.65. The van der Waals surface area contributed by atoms with E-state index in [1.165, 1.54) is 6.20 Å². The molecule has 0 unspecified atom stereocenters. The number of carbonyl (C=O) groups is 1. The number of hydrogen-bond donors (Lipinski definition) is 1. The van der Waals surface area contributed by atoms with Gasteiger partial charge in [0.15, 0.2) is 29.1 Å². The zero-order chi connectivity index (χ0) is 37.9. The van der Waals surface area contributed by atoms with Crippen molar-refractivity contribution in [2.75, 3.05) is 103 Å². The number of aldehydes is 1. The highest BCUT2D eigenvalue weighted by atomic mass is 35.5. The SMILES string of the molecule is COC1CN(Cc2cnc3oc4c(N5CCOCC5)nc(Cl)nc4c3c2)C1.COC1CNC1.Cl.O=Cc1cnc2oc3c(N4CCOCC4)nc(Cl)nc3c2c1. The van der Waals surface area contributed by atoms with Crippen molar-refractivity contribution in [3.8, 4) is 0 Å². The Bertz CT molecular complexity index is 2290. The highest BCUT2D eigenvalue weighted by molar-refractivity contribution is 6.29. The first-order chi connectivity index (χ1) is 26.9. The second-order valence-electron chi connectivity index (χ2n) is 13.4. The lowest BCUT2D eigenvalue weighted by atomic mass is 10.1. The van der Waals surface area contributed by atoms with Crippen molar-refractivity contribution < 1.29 is 32.6 Å². The van der Waals surface area contributed by atoms with Gasteiger partial charge >= 0.3 is 0 Å². The first kappa shape index (κ1) is 40.2. The van der Waals surface area contributed by atoms with Gasteiger partial charge in [-0.25, -0.2) is 19.9 Å². The van der Waals surface area contributed by atoms with E-state index in [1.807, 2.05) is 11.1 Å². The molecule has 0 aromatic carbocycles. The standard InChI is InChI=1S/C18H20ClN5O3.C14H11ClN4O3.C4H9NO.ClH/c1-25-12-9-23(10-12)8-11-6-13-14-15(27-17(13)20-7-11)16(22-18(19)21-14)24-2-4-26-5-3-24;15-14-17-10-9-5-8(7-20)6-16-13(9)22-11(10)12(18-14)19-1-3-21-4-2-19;1-6-4-2-5-3-4;/h6-7,12H,2-5,8-10H2,1H3;5-7H,1-4H2;4-5H,2-3H2,1H3;1H. The van der Waals surface area contributed by atoms with E-state index in [0.717, 1.165) is 63.0 Å². The number of anilines is 2. The van der Waals surface area contributed by atoms with E-state index in [9.17, 15) is 4.79 Å². The molecule has 4 saturated heterocycles. The molecule has 1 N–H and O–H groups in total. The normalized spacial score (nSPS) is 17.9. The van der Waals surface area contributed by atoms with Crippen molar-refractivity contribution in [2.45, 2.75) is 18.8 Å². The molecule has 6 aromatic heterocycles. The largest absolute Gasteiger partial charge is 0.432 e. The predicted molar refractivity (Wildman–Crippen MR) is 213 cm³/mol. The Morgan fingerprint density at radius 1 is 0.768 bits per heavy atom. The van der Waals surface area contributed by atoms with E-state index in [0.29, 0.717) is 108 Å². The van der Waals surface area contributed by atoms with Crippen LogP contribution in [0, 0.1) is 0 Å². The molecular formula is C36H41Cl3N10O7. The number of pyridine rings is 2. The van der Waals surface area contributed by atoms with Gasteiger partial charge in [-0.3, -0.25) is 9.69 Å². The van der Waals surface area contributed by atoms with Gasteiger partial charge in [-0.2, -0.15) is 9.97 Å². The van der Waals surface area contributed by atoms with Gasteiger partial charge in [0.25, 0.3) is 0 Å². The van der Waals surface area contributed by atoms with Crippen LogP contribution in [0.5, 0.6) is 0 Å². The number of fused-ring (bicyclic) bond motifs is 6. The number of halogens is 3. The number of nitrogens with one attached hydrogen (secondary N) is 1. The maximum atomic E-state index is 10.9. The average Bonchev–Trinajstić information content (AvgIpc) is 3.73. The molecule has 0 saturated carbocycles. The summed E-state index contributed by atoms with van der Waals surface area (Å²) in [6.07, 6.45) is 4.89. The molecule has 0 radical (unpaired) electrons. The third-order valence-corrected chi connectivity index (χ3v) is 10.2. The summed E-state index contributed by atoms with van der Waals surface area (Å²) in [5.41, 5.74) is 4.96. The summed E-state index contributed by atoms with van der Waals surface area (Å²) in [6.45, 7) is 10.2. The van der Waals surface area contributed by atoms with E-state index in [1.54, 1.807) is 20.3 Å². The van der Waals surface area contributed by atoms with Gasteiger partial charge in [0.2, 0.25) is 22.0 Å². The third kappa shape index (κ3) is 8.61. The first-order valence-electron chi connectivity index (χ1n) is 18.0. The van der Waals surface area contributed by atoms with Crippen LogP contribution in [0.1, 0.15) is 15.9 Å².